The summed E-state index contributed by atoms with van der Waals surface area (Å²) < 4.78 is 10.4. The Bertz CT molecular complexity index is 534. The van der Waals surface area contributed by atoms with E-state index in [9.17, 15) is 4.79 Å². The van der Waals surface area contributed by atoms with Gasteiger partial charge in [-0.1, -0.05) is 12.1 Å². The molecule has 0 amide bonds. The Hall–Kier alpha value is -2.07. The summed E-state index contributed by atoms with van der Waals surface area (Å²) in [6, 6.07) is 10.9. The molecule has 0 aliphatic rings. The zero-order valence-electron chi connectivity index (χ0n) is 11.1. The van der Waals surface area contributed by atoms with Crippen molar-refractivity contribution in [2.75, 3.05) is 20.7 Å². The molecule has 1 aromatic heterocycles. The van der Waals surface area contributed by atoms with Crippen LogP contribution in [0.2, 0.25) is 0 Å². The third-order valence-corrected chi connectivity index (χ3v) is 2.81. The molecule has 1 aromatic carbocycles. The lowest BCUT2D eigenvalue weighted by Gasteiger charge is -2.14. The van der Waals surface area contributed by atoms with Gasteiger partial charge in [-0.05, 0) is 31.3 Å². The van der Waals surface area contributed by atoms with Gasteiger partial charge in [0, 0.05) is 5.56 Å². The van der Waals surface area contributed by atoms with Gasteiger partial charge < -0.3 is 9.15 Å². The molecule has 0 radical (unpaired) electrons. The maximum Gasteiger partial charge on any atom is 0.176 e. The van der Waals surface area contributed by atoms with E-state index in [4.69, 9.17) is 9.15 Å². The first-order chi connectivity index (χ1) is 9.19. The molecule has 0 unspecified atom stereocenters. The number of hydrogen-bond acceptors (Lipinski definition) is 4. The summed E-state index contributed by atoms with van der Waals surface area (Å²) >= 11 is 0. The fourth-order valence-corrected chi connectivity index (χ4v) is 1.86. The molecule has 0 aliphatic heterocycles. The van der Waals surface area contributed by atoms with Crippen molar-refractivity contribution in [3.05, 3.63) is 54.0 Å². The first kappa shape index (κ1) is 13.4. The van der Waals surface area contributed by atoms with Crippen molar-refractivity contribution in [2.24, 2.45) is 0 Å². The topological polar surface area (TPSA) is 42.7 Å². The van der Waals surface area contributed by atoms with E-state index < -0.39 is 0 Å². The van der Waals surface area contributed by atoms with Crippen LogP contribution in [0, 0.1) is 0 Å². The molecule has 2 rings (SSSR count). The highest BCUT2D eigenvalue weighted by molar-refractivity contribution is 5.97. The van der Waals surface area contributed by atoms with E-state index in [2.05, 4.69) is 0 Å². The second-order valence-corrected chi connectivity index (χ2v) is 4.41. The number of methoxy groups -OCH3 is 1. The zero-order chi connectivity index (χ0) is 13.7. The molecule has 4 heteroatoms. The minimum absolute atomic E-state index is 0.0629. The summed E-state index contributed by atoms with van der Waals surface area (Å²) in [5.74, 6) is 1.61. The third kappa shape index (κ3) is 3.69. The average molecular weight is 259 g/mol. The summed E-state index contributed by atoms with van der Waals surface area (Å²) in [7, 11) is 3.48. The second-order valence-electron chi connectivity index (χ2n) is 4.41. The number of benzene rings is 1. The normalized spacial score (nSPS) is 10.7. The predicted octanol–water partition coefficient (Wildman–Crippen LogP) is 2.60. The molecule has 0 N–H and O–H groups in total. The number of Topliss-reactive ketones (excluding diaryl/α,β-unsaturated/α-hetero) is 1. The van der Waals surface area contributed by atoms with Crippen molar-refractivity contribution in [3.63, 3.8) is 0 Å². The smallest absolute Gasteiger partial charge is 0.176 e. The number of carbonyl (C=O) groups is 1. The Morgan fingerprint density at radius 3 is 2.84 bits per heavy atom. The van der Waals surface area contributed by atoms with E-state index in [1.54, 1.807) is 25.5 Å². The van der Waals surface area contributed by atoms with E-state index in [-0.39, 0.29) is 5.78 Å². The zero-order valence-corrected chi connectivity index (χ0v) is 11.1. The number of ketones is 1. The number of rotatable bonds is 6. The van der Waals surface area contributed by atoms with Crippen LogP contribution in [-0.4, -0.2) is 31.4 Å². The third-order valence-electron chi connectivity index (χ3n) is 2.81. The molecule has 0 fully saturated rings. The number of ether oxygens (including phenoxy) is 1. The maximum atomic E-state index is 12.1. The fourth-order valence-electron chi connectivity index (χ4n) is 1.86. The summed E-state index contributed by atoms with van der Waals surface area (Å²) in [5.41, 5.74) is 0.658. The second kappa shape index (κ2) is 6.20. The Kier molecular flexibility index (Phi) is 4.36. The minimum atomic E-state index is 0.0629. The standard InChI is InChI=1S/C15H17NO3/c1-16(10-14-7-4-8-19-14)11-15(17)12-5-3-6-13(9-12)18-2/h3-9H,10-11H2,1-2H3. The van der Waals surface area contributed by atoms with Crippen molar-refractivity contribution in [1.82, 2.24) is 4.90 Å². The molecule has 0 saturated heterocycles. The van der Waals surface area contributed by atoms with Gasteiger partial charge in [0.1, 0.15) is 11.5 Å². The molecule has 0 atom stereocenters. The number of furan rings is 1. The monoisotopic (exact) mass is 259 g/mol. The largest absolute Gasteiger partial charge is 0.497 e. The van der Waals surface area contributed by atoms with Crippen LogP contribution in [0.1, 0.15) is 16.1 Å². The molecule has 4 nitrogen and oxygen atoms in total. The van der Waals surface area contributed by atoms with Crippen LogP contribution in [0.15, 0.2) is 47.1 Å². The van der Waals surface area contributed by atoms with Gasteiger partial charge in [-0.2, -0.15) is 0 Å². The highest BCUT2D eigenvalue weighted by Gasteiger charge is 2.11. The van der Waals surface area contributed by atoms with E-state index in [1.807, 2.05) is 36.2 Å². The Labute approximate surface area is 112 Å². The summed E-state index contributed by atoms with van der Waals surface area (Å²) in [5, 5.41) is 0. The van der Waals surface area contributed by atoms with E-state index in [1.165, 1.54) is 0 Å². The van der Waals surface area contributed by atoms with Gasteiger partial charge in [0.15, 0.2) is 5.78 Å². The minimum Gasteiger partial charge on any atom is -0.497 e. The van der Waals surface area contributed by atoms with E-state index in [0.29, 0.717) is 24.4 Å². The highest BCUT2D eigenvalue weighted by Crippen LogP contribution is 2.13. The van der Waals surface area contributed by atoms with Crippen LogP contribution in [0.3, 0.4) is 0 Å². The SMILES string of the molecule is COc1cccc(C(=O)CN(C)Cc2ccco2)c1. The first-order valence-electron chi connectivity index (χ1n) is 6.07. The van der Waals surface area contributed by atoms with E-state index >= 15 is 0 Å². The van der Waals surface area contributed by atoms with Crippen LogP contribution >= 0.6 is 0 Å². The summed E-state index contributed by atoms with van der Waals surface area (Å²) in [4.78, 5) is 14.0. The lowest BCUT2D eigenvalue weighted by molar-refractivity contribution is 0.0939. The molecule has 1 heterocycles. The van der Waals surface area contributed by atoms with Crippen LogP contribution in [0.25, 0.3) is 0 Å². The van der Waals surface area contributed by atoms with Gasteiger partial charge >= 0.3 is 0 Å². The van der Waals surface area contributed by atoms with Crippen LogP contribution in [0.4, 0.5) is 0 Å². The van der Waals surface area contributed by atoms with E-state index in [0.717, 1.165) is 5.76 Å². The molecule has 100 valence electrons. The Morgan fingerprint density at radius 1 is 1.32 bits per heavy atom. The quantitative estimate of drug-likeness (QED) is 0.748. The molecule has 0 spiro atoms. The highest BCUT2D eigenvalue weighted by atomic mass is 16.5. The fraction of sp³-hybridized carbons (Fsp3) is 0.267. The summed E-state index contributed by atoms with van der Waals surface area (Å²) in [6.45, 7) is 0.955. The average Bonchev–Trinajstić information content (AvgIpc) is 2.91. The van der Waals surface area contributed by atoms with Gasteiger partial charge in [-0.25, -0.2) is 0 Å². The first-order valence-corrected chi connectivity index (χ1v) is 6.07. The maximum absolute atomic E-state index is 12.1. The van der Waals surface area contributed by atoms with Gasteiger partial charge in [0.05, 0.1) is 26.5 Å². The van der Waals surface area contributed by atoms with Crippen molar-refractivity contribution in [1.29, 1.82) is 0 Å². The summed E-state index contributed by atoms with van der Waals surface area (Å²) in [6.07, 6.45) is 1.63. The van der Waals surface area contributed by atoms with Crippen LogP contribution in [-0.2, 0) is 6.54 Å². The number of likely N-dealkylation sites (N-methyl/N-ethyl adjacent to an activating group) is 1. The molecule has 19 heavy (non-hydrogen) atoms. The molecule has 0 saturated carbocycles. The van der Waals surface area contributed by atoms with Crippen molar-refractivity contribution in [2.45, 2.75) is 6.54 Å². The number of hydrogen-bond donors (Lipinski definition) is 0. The Balaban J connectivity index is 1.96. The lowest BCUT2D eigenvalue weighted by Crippen LogP contribution is -2.25. The lowest BCUT2D eigenvalue weighted by atomic mass is 10.1. The van der Waals surface area contributed by atoms with Crippen molar-refractivity contribution in [3.8, 4) is 5.75 Å². The van der Waals surface area contributed by atoms with Gasteiger partial charge in [0.25, 0.3) is 0 Å². The van der Waals surface area contributed by atoms with Crippen LogP contribution < -0.4 is 4.74 Å². The molecular weight excluding hydrogens is 242 g/mol. The number of nitrogens with zero attached hydrogens (tertiary/aromatic N) is 1. The van der Waals surface area contributed by atoms with Gasteiger partial charge in [-0.15, -0.1) is 0 Å². The molecule has 2 aromatic rings. The van der Waals surface area contributed by atoms with Crippen LogP contribution in [0.5, 0.6) is 5.75 Å². The molecule has 0 aliphatic carbocycles. The van der Waals surface area contributed by atoms with Crippen molar-refractivity contribution < 1.29 is 13.9 Å². The molecular formula is C15H17NO3. The predicted molar refractivity (Wildman–Crippen MR) is 72.4 cm³/mol. The molecule has 0 bridgehead atoms. The van der Waals surface area contributed by atoms with Gasteiger partial charge in [0.2, 0.25) is 0 Å². The Morgan fingerprint density at radius 2 is 2.16 bits per heavy atom. The van der Waals surface area contributed by atoms with Gasteiger partial charge in [-0.3, -0.25) is 9.69 Å². The number of carbonyl (C=O) groups excluding carboxylic acids is 1. The van der Waals surface area contributed by atoms with Crippen molar-refractivity contribution >= 4 is 5.78 Å².